The first-order valence-corrected chi connectivity index (χ1v) is 8.23. The largest absolute Gasteiger partial charge is 0.0616 e. The zero-order chi connectivity index (χ0) is 11.9. The SMILES string of the molecule is Cc1ccc([P]2(C)C=Cc3ccccc32)cc1. The maximum atomic E-state index is 2.42. The van der Waals surface area contributed by atoms with E-state index >= 15 is 0 Å². The monoisotopic (exact) mass is 239 g/mol. The van der Waals surface area contributed by atoms with Gasteiger partial charge in [0.2, 0.25) is 0 Å². The van der Waals surface area contributed by atoms with Gasteiger partial charge in [0.15, 0.2) is 0 Å². The maximum absolute atomic E-state index is 2.42. The van der Waals surface area contributed by atoms with Crippen LogP contribution in [0.5, 0.6) is 0 Å². The van der Waals surface area contributed by atoms with Crippen molar-refractivity contribution < 1.29 is 0 Å². The molecule has 1 heterocycles. The van der Waals surface area contributed by atoms with Crippen LogP contribution >= 0.6 is 7.26 Å². The van der Waals surface area contributed by atoms with Crippen molar-refractivity contribution in [1.29, 1.82) is 0 Å². The molecule has 0 aromatic heterocycles. The van der Waals surface area contributed by atoms with Crippen molar-refractivity contribution in [3.63, 3.8) is 0 Å². The highest BCUT2D eigenvalue weighted by Gasteiger charge is 2.28. The molecule has 1 heteroatoms. The molecule has 0 spiro atoms. The van der Waals surface area contributed by atoms with Gasteiger partial charge in [0.1, 0.15) is 0 Å². The van der Waals surface area contributed by atoms with Gasteiger partial charge in [-0.05, 0) is 29.8 Å². The third kappa shape index (κ3) is 1.64. The minimum Gasteiger partial charge on any atom is -0.0616 e. The molecule has 2 aromatic carbocycles. The van der Waals surface area contributed by atoms with E-state index in [2.05, 4.69) is 74.0 Å². The predicted octanol–water partition coefficient (Wildman–Crippen LogP) is 3.58. The van der Waals surface area contributed by atoms with Gasteiger partial charge in [-0.1, -0.05) is 73.2 Å². The van der Waals surface area contributed by atoms with Crippen molar-refractivity contribution in [2.75, 3.05) is 6.66 Å². The van der Waals surface area contributed by atoms with Crippen molar-refractivity contribution in [1.82, 2.24) is 0 Å². The molecule has 0 N–H and O–H groups in total. The fourth-order valence-corrected chi connectivity index (χ4v) is 5.36. The van der Waals surface area contributed by atoms with Gasteiger partial charge < -0.3 is 0 Å². The van der Waals surface area contributed by atoms with Gasteiger partial charge in [0.05, 0.1) is 0 Å². The summed E-state index contributed by atoms with van der Waals surface area (Å²) in [5.41, 5.74) is 2.72. The Labute approximate surface area is 103 Å². The quantitative estimate of drug-likeness (QED) is 0.667. The predicted molar refractivity (Wildman–Crippen MR) is 78.8 cm³/mol. The van der Waals surface area contributed by atoms with Gasteiger partial charge in [0, 0.05) is 0 Å². The molecule has 17 heavy (non-hydrogen) atoms. The van der Waals surface area contributed by atoms with Crippen molar-refractivity contribution in [2.24, 2.45) is 0 Å². The van der Waals surface area contributed by atoms with Crippen molar-refractivity contribution >= 4 is 23.9 Å². The molecule has 0 fully saturated rings. The first-order chi connectivity index (χ1) is 8.20. The van der Waals surface area contributed by atoms with Gasteiger partial charge in [-0.15, -0.1) is 0 Å². The molecule has 0 saturated heterocycles. The van der Waals surface area contributed by atoms with E-state index in [0.717, 1.165) is 0 Å². The highest BCUT2D eigenvalue weighted by Crippen LogP contribution is 2.58. The fourth-order valence-electron chi connectivity index (χ4n) is 2.44. The van der Waals surface area contributed by atoms with Gasteiger partial charge in [-0.2, -0.15) is 0 Å². The molecule has 0 aliphatic carbocycles. The summed E-state index contributed by atoms with van der Waals surface area (Å²) in [7, 11) is -1.26. The van der Waals surface area contributed by atoms with Crippen LogP contribution in [0.2, 0.25) is 0 Å². The number of aryl methyl sites for hydroxylation is 1. The number of rotatable bonds is 1. The Morgan fingerprint density at radius 3 is 2.35 bits per heavy atom. The molecule has 1 radical (unpaired) electrons. The normalized spacial score (nSPS) is 21.5. The van der Waals surface area contributed by atoms with Crippen LogP contribution in [-0.2, 0) is 0 Å². The standard InChI is InChI=1S/C16H16P/c1-13-7-9-15(10-8-13)17(2)12-11-14-5-3-4-6-16(14)17/h3-12H,1-2H3. The van der Waals surface area contributed by atoms with Gasteiger partial charge >= 0.3 is 0 Å². The summed E-state index contributed by atoms with van der Waals surface area (Å²) in [6.45, 7) is 4.54. The van der Waals surface area contributed by atoms with Crippen LogP contribution in [0, 0.1) is 6.92 Å². The highest BCUT2D eigenvalue weighted by atomic mass is 31.2. The van der Waals surface area contributed by atoms with E-state index in [0.29, 0.717) is 0 Å². The number of hydrogen-bond acceptors (Lipinski definition) is 0. The Kier molecular flexibility index (Phi) is 2.42. The molecule has 0 bridgehead atoms. The smallest absolute Gasteiger partial charge is 0.0133 e. The summed E-state index contributed by atoms with van der Waals surface area (Å²) >= 11 is 0. The molecule has 3 rings (SSSR count). The minimum atomic E-state index is -1.26. The van der Waals surface area contributed by atoms with Crippen molar-refractivity contribution in [3.8, 4) is 0 Å². The van der Waals surface area contributed by atoms with Crippen LogP contribution in [0.3, 0.4) is 0 Å². The second-order valence-electron chi connectivity index (χ2n) is 4.79. The van der Waals surface area contributed by atoms with E-state index in [-0.39, 0.29) is 0 Å². The van der Waals surface area contributed by atoms with E-state index in [1.165, 1.54) is 21.7 Å². The minimum absolute atomic E-state index is 1.26. The Morgan fingerprint density at radius 1 is 0.882 bits per heavy atom. The number of hydrogen-bond donors (Lipinski definition) is 0. The van der Waals surface area contributed by atoms with Crippen molar-refractivity contribution in [3.05, 3.63) is 65.5 Å². The molecule has 0 amide bonds. The lowest BCUT2D eigenvalue weighted by Gasteiger charge is -2.27. The lowest BCUT2D eigenvalue weighted by atomic mass is 10.2. The summed E-state index contributed by atoms with van der Waals surface area (Å²) in [6, 6.07) is 17.8. The first-order valence-electron chi connectivity index (χ1n) is 5.92. The molecule has 85 valence electrons. The van der Waals surface area contributed by atoms with Gasteiger partial charge in [0.25, 0.3) is 0 Å². The average molecular weight is 239 g/mol. The first kappa shape index (κ1) is 10.7. The van der Waals surface area contributed by atoms with E-state index < -0.39 is 7.26 Å². The Hall–Kier alpha value is -1.39. The Balaban J connectivity index is 2.15. The van der Waals surface area contributed by atoms with Gasteiger partial charge in [-0.25, -0.2) is 0 Å². The molecule has 1 aliphatic rings. The van der Waals surface area contributed by atoms with Crippen molar-refractivity contribution in [2.45, 2.75) is 6.92 Å². The molecular formula is C16H16P. The summed E-state index contributed by atoms with van der Waals surface area (Å²) < 4.78 is 0. The van der Waals surface area contributed by atoms with Crippen LogP contribution in [0.25, 0.3) is 6.08 Å². The van der Waals surface area contributed by atoms with Gasteiger partial charge in [-0.3, -0.25) is 0 Å². The number of fused-ring (bicyclic) bond motifs is 1. The average Bonchev–Trinajstić information content (AvgIpc) is 2.70. The second kappa shape index (κ2) is 3.82. The number of benzene rings is 2. The zero-order valence-corrected chi connectivity index (χ0v) is 11.1. The fraction of sp³-hybridized carbons (Fsp3) is 0.125. The van der Waals surface area contributed by atoms with Crippen LogP contribution < -0.4 is 10.6 Å². The third-order valence-electron chi connectivity index (χ3n) is 3.56. The molecule has 1 aliphatic heterocycles. The molecular weight excluding hydrogens is 223 g/mol. The lowest BCUT2D eigenvalue weighted by Crippen LogP contribution is -2.18. The summed E-state index contributed by atoms with van der Waals surface area (Å²) in [4.78, 5) is 0. The molecule has 0 saturated carbocycles. The molecule has 0 nitrogen and oxygen atoms in total. The molecule has 2 aromatic rings. The molecule has 1 unspecified atom stereocenters. The van der Waals surface area contributed by atoms with E-state index in [9.17, 15) is 0 Å². The second-order valence-corrected chi connectivity index (χ2v) is 8.23. The van der Waals surface area contributed by atoms with E-state index in [1.807, 2.05) is 0 Å². The summed E-state index contributed by atoms with van der Waals surface area (Å²) in [5, 5.41) is 2.99. The lowest BCUT2D eigenvalue weighted by molar-refractivity contribution is 1.49. The third-order valence-corrected chi connectivity index (χ3v) is 7.08. The van der Waals surface area contributed by atoms with Crippen LogP contribution in [-0.4, -0.2) is 6.66 Å². The molecule has 1 atom stereocenters. The van der Waals surface area contributed by atoms with Crippen LogP contribution in [0.4, 0.5) is 0 Å². The van der Waals surface area contributed by atoms with E-state index in [4.69, 9.17) is 0 Å². The van der Waals surface area contributed by atoms with Crippen LogP contribution in [0.1, 0.15) is 11.1 Å². The van der Waals surface area contributed by atoms with Crippen LogP contribution in [0.15, 0.2) is 54.3 Å². The summed E-state index contributed by atoms with van der Waals surface area (Å²) in [5.74, 6) is 2.42. The Bertz CT molecular complexity index is 581. The topological polar surface area (TPSA) is 0 Å². The highest BCUT2D eigenvalue weighted by molar-refractivity contribution is 7.92. The Morgan fingerprint density at radius 2 is 1.59 bits per heavy atom. The maximum Gasteiger partial charge on any atom is -0.0133 e. The summed E-state index contributed by atoms with van der Waals surface area (Å²) in [6.07, 6.45) is 2.28. The zero-order valence-electron chi connectivity index (χ0n) is 10.2. The van der Waals surface area contributed by atoms with E-state index in [1.54, 1.807) is 0 Å².